The van der Waals surface area contributed by atoms with Gasteiger partial charge >= 0.3 is 0 Å². The summed E-state index contributed by atoms with van der Waals surface area (Å²) in [6, 6.07) is 6.67. The molecule has 0 radical (unpaired) electrons. The molecule has 0 spiro atoms. The Bertz CT molecular complexity index is 516. The molecule has 1 aromatic carbocycles. The Kier molecular flexibility index (Phi) is 3.85. The second-order valence-electron chi connectivity index (χ2n) is 5.74. The molecular weight excluding hydrogens is 274 g/mol. The zero-order chi connectivity index (χ0) is 14.1. The zero-order valence-electron chi connectivity index (χ0n) is 11.4. The standard InChI is InChI=1S/C15H20ClN3O/c16-13-3-1-2-10(8-18-12-4-5-12)14(13)19-7-6-11(9-19)15(17)20/h1-3,11-12,18H,4-9H2,(H2,17,20). The highest BCUT2D eigenvalue weighted by Gasteiger charge is 2.29. The fourth-order valence-electron chi connectivity index (χ4n) is 2.79. The first-order valence-corrected chi connectivity index (χ1v) is 7.58. The van der Waals surface area contributed by atoms with Crippen LogP contribution in [0.25, 0.3) is 0 Å². The van der Waals surface area contributed by atoms with Crippen LogP contribution in [0.4, 0.5) is 5.69 Å². The maximum Gasteiger partial charge on any atom is 0.222 e. The second-order valence-corrected chi connectivity index (χ2v) is 6.14. The number of hydrogen-bond donors (Lipinski definition) is 2. The number of halogens is 1. The first-order valence-electron chi connectivity index (χ1n) is 7.20. The smallest absolute Gasteiger partial charge is 0.222 e. The summed E-state index contributed by atoms with van der Waals surface area (Å²) in [7, 11) is 0. The normalized spacial score (nSPS) is 22.2. The van der Waals surface area contributed by atoms with Crippen molar-refractivity contribution >= 4 is 23.2 Å². The SMILES string of the molecule is NC(=O)C1CCN(c2c(Cl)cccc2CNC2CC2)C1. The van der Waals surface area contributed by atoms with E-state index in [1.165, 1.54) is 18.4 Å². The molecule has 1 unspecified atom stereocenters. The van der Waals surface area contributed by atoms with Gasteiger partial charge in [0.05, 0.1) is 16.6 Å². The number of carbonyl (C=O) groups is 1. The Morgan fingerprint density at radius 1 is 1.40 bits per heavy atom. The fourth-order valence-corrected chi connectivity index (χ4v) is 3.11. The van der Waals surface area contributed by atoms with Crippen molar-refractivity contribution in [3.8, 4) is 0 Å². The number of primary amides is 1. The van der Waals surface area contributed by atoms with Gasteiger partial charge in [-0.25, -0.2) is 0 Å². The van der Waals surface area contributed by atoms with Crippen LogP contribution in [0.1, 0.15) is 24.8 Å². The minimum atomic E-state index is -0.211. The molecule has 2 aliphatic rings. The lowest BCUT2D eigenvalue weighted by molar-refractivity contribution is -0.121. The van der Waals surface area contributed by atoms with Crippen molar-refractivity contribution in [2.45, 2.75) is 31.8 Å². The molecule has 1 aliphatic carbocycles. The molecular formula is C15H20ClN3O. The summed E-state index contributed by atoms with van der Waals surface area (Å²) in [6.07, 6.45) is 3.35. The van der Waals surface area contributed by atoms with E-state index in [0.717, 1.165) is 30.2 Å². The molecule has 1 heterocycles. The highest BCUT2D eigenvalue weighted by atomic mass is 35.5. The Morgan fingerprint density at radius 3 is 2.85 bits per heavy atom. The van der Waals surface area contributed by atoms with Gasteiger partial charge in [0.1, 0.15) is 0 Å². The summed E-state index contributed by atoms with van der Waals surface area (Å²) in [5, 5.41) is 4.28. The van der Waals surface area contributed by atoms with Crippen molar-refractivity contribution in [3.63, 3.8) is 0 Å². The number of carbonyl (C=O) groups excluding carboxylic acids is 1. The zero-order valence-corrected chi connectivity index (χ0v) is 12.2. The molecule has 1 aromatic rings. The average molecular weight is 294 g/mol. The third-order valence-electron chi connectivity index (χ3n) is 4.14. The van der Waals surface area contributed by atoms with Crippen LogP contribution in [0.2, 0.25) is 5.02 Å². The number of hydrogen-bond acceptors (Lipinski definition) is 3. The molecule has 5 heteroatoms. The summed E-state index contributed by atoms with van der Waals surface area (Å²) < 4.78 is 0. The van der Waals surface area contributed by atoms with E-state index in [2.05, 4.69) is 16.3 Å². The van der Waals surface area contributed by atoms with Crippen molar-refractivity contribution in [2.24, 2.45) is 11.7 Å². The molecule has 0 aromatic heterocycles. The van der Waals surface area contributed by atoms with E-state index >= 15 is 0 Å². The predicted molar refractivity (Wildman–Crippen MR) is 80.8 cm³/mol. The van der Waals surface area contributed by atoms with Crippen molar-refractivity contribution in [1.29, 1.82) is 0 Å². The number of rotatable bonds is 5. The van der Waals surface area contributed by atoms with Gasteiger partial charge in [-0.2, -0.15) is 0 Å². The third-order valence-corrected chi connectivity index (χ3v) is 4.44. The third kappa shape index (κ3) is 2.91. The number of nitrogens with zero attached hydrogens (tertiary/aromatic N) is 1. The van der Waals surface area contributed by atoms with Crippen LogP contribution in [-0.2, 0) is 11.3 Å². The van der Waals surface area contributed by atoms with Crippen LogP contribution >= 0.6 is 11.6 Å². The fraction of sp³-hybridized carbons (Fsp3) is 0.533. The lowest BCUT2D eigenvalue weighted by Gasteiger charge is -2.23. The summed E-state index contributed by atoms with van der Waals surface area (Å²) in [5.74, 6) is -0.271. The summed E-state index contributed by atoms with van der Waals surface area (Å²) in [6.45, 7) is 2.35. The molecule has 1 aliphatic heterocycles. The number of amides is 1. The molecule has 0 bridgehead atoms. The molecule has 108 valence electrons. The Morgan fingerprint density at radius 2 is 2.20 bits per heavy atom. The van der Waals surface area contributed by atoms with E-state index in [4.69, 9.17) is 17.3 Å². The van der Waals surface area contributed by atoms with Gasteiger partial charge in [0, 0.05) is 25.7 Å². The van der Waals surface area contributed by atoms with Crippen molar-refractivity contribution in [1.82, 2.24) is 5.32 Å². The molecule has 20 heavy (non-hydrogen) atoms. The van der Waals surface area contributed by atoms with Gasteiger partial charge < -0.3 is 16.0 Å². The average Bonchev–Trinajstić information content (AvgIpc) is 3.12. The van der Waals surface area contributed by atoms with E-state index in [-0.39, 0.29) is 11.8 Å². The summed E-state index contributed by atoms with van der Waals surface area (Å²) in [4.78, 5) is 13.5. The summed E-state index contributed by atoms with van der Waals surface area (Å²) in [5.41, 5.74) is 7.67. The molecule has 1 atom stereocenters. The van der Waals surface area contributed by atoms with E-state index in [9.17, 15) is 4.79 Å². The van der Waals surface area contributed by atoms with Gasteiger partial charge in [0.2, 0.25) is 5.91 Å². The van der Waals surface area contributed by atoms with Crippen LogP contribution in [-0.4, -0.2) is 25.0 Å². The van der Waals surface area contributed by atoms with Crippen molar-refractivity contribution in [3.05, 3.63) is 28.8 Å². The number of nitrogens with one attached hydrogen (secondary N) is 1. The first kappa shape index (κ1) is 13.7. The number of benzene rings is 1. The van der Waals surface area contributed by atoms with Crippen molar-refractivity contribution in [2.75, 3.05) is 18.0 Å². The Hall–Kier alpha value is -1.26. The highest BCUT2D eigenvalue weighted by molar-refractivity contribution is 6.33. The minimum Gasteiger partial charge on any atom is -0.369 e. The lowest BCUT2D eigenvalue weighted by Crippen LogP contribution is -2.28. The van der Waals surface area contributed by atoms with Gasteiger partial charge in [0.25, 0.3) is 0 Å². The molecule has 4 nitrogen and oxygen atoms in total. The van der Waals surface area contributed by atoms with Gasteiger partial charge in [-0.3, -0.25) is 4.79 Å². The number of para-hydroxylation sites is 1. The van der Waals surface area contributed by atoms with Gasteiger partial charge in [-0.05, 0) is 30.9 Å². The van der Waals surface area contributed by atoms with Gasteiger partial charge in [-0.15, -0.1) is 0 Å². The van der Waals surface area contributed by atoms with Crippen molar-refractivity contribution < 1.29 is 4.79 Å². The number of anilines is 1. The monoisotopic (exact) mass is 293 g/mol. The molecule has 2 fully saturated rings. The predicted octanol–water partition coefficient (Wildman–Crippen LogP) is 1.90. The maximum atomic E-state index is 11.3. The molecule has 1 amide bonds. The van der Waals surface area contributed by atoms with Gasteiger partial charge in [-0.1, -0.05) is 23.7 Å². The number of nitrogens with two attached hydrogens (primary N) is 1. The van der Waals surface area contributed by atoms with E-state index < -0.39 is 0 Å². The van der Waals surface area contributed by atoms with Crippen LogP contribution in [0.3, 0.4) is 0 Å². The highest BCUT2D eigenvalue weighted by Crippen LogP contribution is 2.34. The van der Waals surface area contributed by atoms with E-state index in [0.29, 0.717) is 12.6 Å². The molecule has 1 saturated carbocycles. The minimum absolute atomic E-state index is 0.0597. The van der Waals surface area contributed by atoms with Crippen LogP contribution in [0.5, 0.6) is 0 Å². The van der Waals surface area contributed by atoms with E-state index in [1.54, 1.807) is 0 Å². The Labute approximate surface area is 124 Å². The van der Waals surface area contributed by atoms with E-state index in [1.807, 2.05) is 12.1 Å². The maximum absolute atomic E-state index is 11.3. The van der Waals surface area contributed by atoms with Crippen LogP contribution in [0, 0.1) is 5.92 Å². The second kappa shape index (κ2) is 5.62. The quantitative estimate of drug-likeness (QED) is 0.872. The molecule has 3 rings (SSSR count). The molecule has 3 N–H and O–H groups in total. The lowest BCUT2D eigenvalue weighted by atomic mass is 10.1. The van der Waals surface area contributed by atoms with Gasteiger partial charge in [0.15, 0.2) is 0 Å². The topological polar surface area (TPSA) is 58.4 Å². The summed E-state index contributed by atoms with van der Waals surface area (Å²) >= 11 is 6.38. The van der Waals surface area contributed by atoms with Crippen LogP contribution < -0.4 is 16.0 Å². The Balaban J connectivity index is 1.78. The van der Waals surface area contributed by atoms with Crippen LogP contribution in [0.15, 0.2) is 18.2 Å². The molecule has 1 saturated heterocycles. The largest absolute Gasteiger partial charge is 0.369 e. The first-order chi connectivity index (χ1) is 9.65.